The van der Waals surface area contributed by atoms with Gasteiger partial charge >= 0.3 is 12.0 Å². The number of hydrogen-bond acceptors (Lipinski definition) is 9. The second-order valence-electron chi connectivity index (χ2n) is 9.64. The number of hydrogen-bond donors (Lipinski definition) is 4. The summed E-state index contributed by atoms with van der Waals surface area (Å²) in [6.07, 6.45) is 0.490. The lowest BCUT2D eigenvalue weighted by Crippen LogP contribution is -2.45. The molecule has 4 rings (SSSR count). The van der Waals surface area contributed by atoms with Crippen LogP contribution in [0.25, 0.3) is 0 Å². The molecular formula is C31H31I3N4O7. The lowest BCUT2D eigenvalue weighted by molar-refractivity contribution is -0.136. The van der Waals surface area contributed by atoms with E-state index in [1.165, 1.54) is 10.7 Å². The predicted molar refractivity (Wildman–Crippen MR) is 194 cm³/mol. The number of carbonyl (C=O) groups excluding carboxylic acids is 2. The van der Waals surface area contributed by atoms with E-state index < -0.39 is 24.3 Å². The fourth-order valence-electron chi connectivity index (χ4n) is 4.35. The number of nitrogens with zero attached hydrogens (tertiary/aromatic N) is 1. The summed E-state index contributed by atoms with van der Waals surface area (Å²) in [6, 6.07) is 15.9. The summed E-state index contributed by atoms with van der Waals surface area (Å²) in [4.78, 5) is 24.6. The number of aliphatic hydroxyl groups is 1. The molecule has 3 aromatic carbocycles. The summed E-state index contributed by atoms with van der Waals surface area (Å²) >= 11 is 6.75. The highest BCUT2D eigenvalue weighted by Crippen LogP contribution is 2.35. The second kappa shape index (κ2) is 16.6. The Bertz CT molecular complexity index is 1580. The first-order valence-corrected chi connectivity index (χ1v) is 16.9. The minimum Gasteiger partial charge on any atom is -0.490 e. The first-order chi connectivity index (χ1) is 21.6. The third-order valence-electron chi connectivity index (χ3n) is 6.43. The molecule has 0 bridgehead atoms. The van der Waals surface area contributed by atoms with Gasteiger partial charge in [0, 0.05) is 9.27 Å². The monoisotopic (exact) mass is 952 g/mol. The minimum atomic E-state index is -1.12. The van der Waals surface area contributed by atoms with Gasteiger partial charge in [0.2, 0.25) is 0 Å². The number of carbonyl (C=O) groups is 2. The van der Waals surface area contributed by atoms with Crippen LogP contribution in [0.4, 0.5) is 4.79 Å². The van der Waals surface area contributed by atoms with E-state index in [-0.39, 0.29) is 12.2 Å². The van der Waals surface area contributed by atoms with E-state index >= 15 is 0 Å². The van der Waals surface area contributed by atoms with Gasteiger partial charge < -0.3 is 34.7 Å². The molecule has 0 fully saturated rings. The van der Waals surface area contributed by atoms with Gasteiger partial charge in [0.05, 0.1) is 38.7 Å². The Morgan fingerprint density at radius 1 is 1.04 bits per heavy atom. The first kappa shape index (κ1) is 35.0. The average Bonchev–Trinajstić information content (AvgIpc) is 3.00. The van der Waals surface area contributed by atoms with Crippen LogP contribution in [0, 0.1) is 10.7 Å². The van der Waals surface area contributed by atoms with Crippen molar-refractivity contribution in [1.82, 2.24) is 16.1 Å². The molecule has 2 amide bonds. The van der Waals surface area contributed by atoms with Gasteiger partial charge in [-0.2, -0.15) is 5.10 Å². The number of urea groups is 1. The molecule has 0 radical (unpaired) electrons. The summed E-state index contributed by atoms with van der Waals surface area (Å²) in [6.45, 7) is 4.14. The largest absolute Gasteiger partial charge is 0.490 e. The van der Waals surface area contributed by atoms with Crippen LogP contribution in [0.3, 0.4) is 0 Å². The number of aliphatic hydroxyl groups excluding tert-OH is 1. The molecule has 1 heterocycles. The van der Waals surface area contributed by atoms with E-state index in [9.17, 15) is 14.7 Å². The quantitative estimate of drug-likeness (QED) is 0.0572. The Morgan fingerprint density at radius 3 is 2.42 bits per heavy atom. The van der Waals surface area contributed by atoms with E-state index in [0.29, 0.717) is 36.0 Å². The highest BCUT2D eigenvalue weighted by molar-refractivity contribution is 14.1. The van der Waals surface area contributed by atoms with Crippen molar-refractivity contribution in [2.75, 3.05) is 20.3 Å². The van der Waals surface area contributed by atoms with Crippen LogP contribution < -0.4 is 30.3 Å². The maximum atomic E-state index is 12.5. The van der Waals surface area contributed by atoms with Crippen LogP contribution in [-0.2, 0) is 16.1 Å². The van der Waals surface area contributed by atoms with Crippen LogP contribution >= 0.6 is 67.8 Å². The highest BCUT2D eigenvalue weighted by atomic mass is 127. The van der Waals surface area contributed by atoms with Crippen LogP contribution in [0.5, 0.6) is 17.2 Å². The zero-order valence-corrected chi connectivity index (χ0v) is 31.0. The van der Waals surface area contributed by atoms with E-state index in [1.807, 2.05) is 31.2 Å². The maximum absolute atomic E-state index is 12.5. The maximum Gasteiger partial charge on any atom is 0.337 e. The van der Waals surface area contributed by atoms with Crippen LogP contribution in [0.15, 0.2) is 71.0 Å². The van der Waals surface area contributed by atoms with Gasteiger partial charge in [-0.05, 0) is 135 Å². The standard InChI is InChI=1S/C31H31I3N4O7/c1-4-43-25-13-20(28-27(30(40)42-3)17(2)36-31(41)37-28)7-10-24(25)44-16-26(39)38-35-14-19-11-22(33)29(23(34)12-19)45-15-18-5-8-21(32)9-6-18/h5-14,26,28,38-39H,4,15-16H2,1-3H3,(H2,36,37,41)/b35-14-/t26-,28+/m0/s1. The number of rotatable bonds is 13. The van der Waals surface area contributed by atoms with Gasteiger partial charge in [-0.1, -0.05) is 18.2 Å². The Balaban J connectivity index is 1.37. The van der Waals surface area contributed by atoms with E-state index in [2.05, 4.69) is 101 Å². The number of benzene rings is 3. The summed E-state index contributed by atoms with van der Waals surface area (Å²) in [5.41, 5.74) is 5.86. The van der Waals surface area contributed by atoms with E-state index in [1.54, 1.807) is 31.3 Å². The van der Waals surface area contributed by atoms with Crippen molar-refractivity contribution in [2.24, 2.45) is 5.10 Å². The fraction of sp³-hybridized carbons (Fsp3) is 0.258. The lowest BCUT2D eigenvalue weighted by atomic mass is 9.95. The Morgan fingerprint density at radius 2 is 1.76 bits per heavy atom. The van der Waals surface area contributed by atoms with Gasteiger partial charge in [-0.25, -0.2) is 9.59 Å². The summed E-state index contributed by atoms with van der Waals surface area (Å²) < 4.78 is 25.6. The molecule has 0 spiro atoms. The fourth-order valence-corrected chi connectivity index (χ4v) is 6.84. The van der Waals surface area contributed by atoms with Crippen molar-refractivity contribution in [3.63, 3.8) is 0 Å². The molecule has 0 aliphatic carbocycles. The summed E-state index contributed by atoms with van der Waals surface area (Å²) in [7, 11) is 1.28. The number of allylic oxidation sites excluding steroid dienone is 1. The van der Waals surface area contributed by atoms with E-state index in [0.717, 1.165) is 24.0 Å². The third-order valence-corrected chi connectivity index (χ3v) is 8.75. The van der Waals surface area contributed by atoms with Crippen LogP contribution in [0.2, 0.25) is 0 Å². The molecule has 0 unspecified atom stereocenters. The molecule has 0 saturated carbocycles. The molecule has 0 saturated heterocycles. The third kappa shape index (κ3) is 9.58. The number of halogens is 3. The first-order valence-electron chi connectivity index (χ1n) is 13.7. The van der Waals surface area contributed by atoms with E-state index in [4.69, 9.17) is 18.9 Å². The molecular weight excluding hydrogens is 921 g/mol. The van der Waals surface area contributed by atoms with Crippen molar-refractivity contribution in [3.05, 3.63) is 93.3 Å². The van der Waals surface area contributed by atoms with Gasteiger partial charge in [-0.15, -0.1) is 0 Å². The van der Waals surface area contributed by atoms with Crippen molar-refractivity contribution in [2.45, 2.75) is 32.7 Å². The molecule has 45 heavy (non-hydrogen) atoms. The van der Waals surface area contributed by atoms with Crippen molar-refractivity contribution in [1.29, 1.82) is 0 Å². The Kier molecular flexibility index (Phi) is 13.0. The van der Waals surface area contributed by atoms with Crippen LogP contribution in [-0.4, -0.2) is 49.9 Å². The SMILES string of the molecule is CCOc1cc([C@H]2NC(=O)NC(C)=C2C(=O)OC)ccc1OC[C@H](O)N/N=C\c1cc(I)c(OCc2ccc(I)cc2)c(I)c1. The Labute approximate surface area is 301 Å². The number of ether oxygens (including phenoxy) is 4. The van der Waals surface area contributed by atoms with Gasteiger partial charge in [-0.3, -0.25) is 5.43 Å². The molecule has 1 aliphatic heterocycles. The molecule has 11 nitrogen and oxygen atoms in total. The Hall–Kier alpha value is -2.84. The topological polar surface area (TPSA) is 140 Å². The molecule has 0 aromatic heterocycles. The average molecular weight is 952 g/mol. The van der Waals surface area contributed by atoms with Gasteiger partial charge in [0.25, 0.3) is 0 Å². The molecule has 3 aromatic rings. The lowest BCUT2D eigenvalue weighted by Gasteiger charge is -2.28. The molecule has 4 N–H and O–H groups in total. The zero-order valence-electron chi connectivity index (χ0n) is 24.5. The number of methoxy groups -OCH3 is 1. The van der Waals surface area contributed by atoms with Gasteiger partial charge in [0.15, 0.2) is 17.7 Å². The highest BCUT2D eigenvalue weighted by Gasteiger charge is 2.32. The van der Waals surface area contributed by atoms with Crippen molar-refractivity contribution >= 4 is 86.0 Å². The normalized spacial score (nSPS) is 15.3. The minimum absolute atomic E-state index is 0.131. The number of amides is 2. The summed E-state index contributed by atoms with van der Waals surface area (Å²) in [5.74, 6) is 0.994. The van der Waals surface area contributed by atoms with Crippen molar-refractivity contribution in [3.8, 4) is 17.2 Å². The van der Waals surface area contributed by atoms with Gasteiger partial charge in [0.1, 0.15) is 19.0 Å². The second-order valence-corrected chi connectivity index (χ2v) is 13.2. The predicted octanol–water partition coefficient (Wildman–Crippen LogP) is 5.60. The van der Waals surface area contributed by atoms with Crippen molar-refractivity contribution < 1.29 is 33.6 Å². The molecule has 14 heteroatoms. The smallest absolute Gasteiger partial charge is 0.337 e. The molecule has 2 atom stereocenters. The number of hydrazone groups is 1. The zero-order chi connectivity index (χ0) is 32.5. The molecule has 1 aliphatic rings. The van der Waals surface area contributed by atoms with Crippen LogP contribution in [0.1, 0.15) is 36.6 Å². The number of nitrogens with one attached hydrogen (secondary N) is 3. The number of esters is 1. The summed E-state index contributed by atoms with van der Waals surface area (Å²) in [5, 5.41) is 20.0. The molecule has 238 valence electrons.